The normalized spacial score (nSPS) is 22.6. The summed E-state index contributed by atoms with van der Waals surface area (Å²) in [4.78, 5) is 42.0. The number of carbonyl (C=O) groups is 3. The maximum absolute atomic E-state index is 14.7. The molecule has 1 aliphatic carbocycles. The zero-order chi connectivity index (χ0) is 33.0. The van der Waals surface area contributed by atoms with Gasteiger partial charge in [-0.3, -0.25) is 14.4 Å². The number of Topliss-reactive ketones (excluding diaryl/α,β-unsaturated/α-hetero) is 2. The van der Waals surface area contributed by atoms with Crippen molar-refractivity contribution in [1.82, 2.24) is 5.32 Å². The molecule has 0 saturated heterocycles. The first-order chi connectivity index (χ1) is 22.7. The molecule has 3 aromatic rings. The molecule has 0 radical (unpaired) electrons. The first-order valence-electron chi connectivity index (χ1n) is 15.5. The molecular formula is C36H34ClNO9. The number of carbonyl (C=O) groups excluding carboxylic acids is 3. The Morgan fingerprint density at radius 1 is 0.915 bits per heavy atom. The number of benzene rings is 3. The largest absolute Gasteiger partial charge is 0.496 e. The Morgan fingerprint density at radius 2 is 1.70 bits per heavy atom. The Balaban J connectivity index is 1.21. The molecule has 0 fully saturated rings. The van der Waals surface area contributed by atoms with Gasteiger partial charge in [-0.2, -0.15) is 0 Å². The fourth-order valence-electron chi connectivity index (χ4n) is 7.17. The van der Waals surface area contributed by atoms with E-state index in [1.165, 1.54) is 25.8 Å². The monoisotopic (exact) mass is 659 g/mol. The Kier molecular flexibility index (Phi) is 7.78. The molecule has 3 aliphatic heterocycles. The molecule has 244 valence electrons. The number of ketones is 2. The van der Waals surface area contributed by atoms with E-state index in [4.69, 9.17) is 40.0 Å². The summed E-state index contributed by atoms with van der Waals surface area (Å²) in [5, 5.41) is 2.97. The maximum Gasteiger partial charge on any atom is 0.236 e. The van der Waals surface area contributed by atoms with Gasteiger partial charge in [0.25, 0.3) is 0 Å². The lowest BCUT2D eigenvalue weighted by atomic mass is 9.66. The van der Waals surface area contributed by atoms with Crippen LogP contribution in [0.4, 0.5) is 0 Å². The number of rotatable bonds is 8. The quantitative estimate of drug-likeness (QED) is 0.317. The predicted molar refractivity (Wildman–Crippen MR) is 171 cm³/mol. The highest BCUT2D eigenvalue weighted by molar-refractivity contribution is 6.36. The minimum Gasteiger partial charge on any atom is -0.496 e. The van der Waals surface area contributed by atoms with Crippen molar-refractivity contribution in [2.45, 2.75) is 44.1 Å². The van der Waals surface area contributed by atoms with Gasteiger partial charge in [0, 0.05) is 48.4 Å². The molecule has 10 nitrogen and oxygen atoms in total. The van der Waals surface area contributed by atoms with Gasteiger partial charge in [0.1, 0.15) is 27.8 Å². The highest BCUT2D eigenvalue weighted by atomic mass is 35.5. The van der Waals surface area contributed by atoms with Crippen molar-refractivity contribution in [2.24, 2.45) is 5.92 Å². The fourth-order valence-corrected chi connectivity index (χ4v) is 7.44. The highest BCUT2D eigenvalue weighted by Crippen LogP contribution is 2.55. The number of ether oxygens (including phenoxy) is 6. The van der Waals surface area contributed by atoms with Crippen LogP contribution < -0.4 is 33.7 Å². The van der Waals surface area contributed by atoms with Gasteiger partial charge in [-0.05, 0) is 41.3 Å². The molecule has 47 heavy (non-hydrogen) atoms. The number of hydrogen-bond donors (Lipinski definition) is 1. The number of nitrogens with one attached hydrogen (secondary N) is 1. The standard InChI is InChI=1S/C36H34ClNO9/c1-18-13-23-30(34(40)36(18)35(41)31-27(43-3)17-28(44-4)32(37)33(31)47-36)22(16-29(39)38-23)20-6-8-25(42-2)26(15-20)46-11-9-19-5-7-24-21(14-19)10-12-45-24/h5-8,14-15,17-18,22H,9-13,16H2,1-4H3,(H,38,39)/t18-,22+,36+/m1/s1. The van der Waals surface area contributed by atoms with Gasteiger partial charge >= 0.3 is 0 Å². The van der Waals surface area contributed by atoms with E-state index in [0.29, 0.717) is 48.0 Å². The number of methoxy groups -OCH3 is 3. The van der Waals surface area contributed by atoms with Gasteiger partial charge in [-0.15, -0.1) is 0 Å². The van der Waals surface area contributed by atoms with Gasteiger partial charge < -0.3 is 33.7 Å². The van der Waals surface area contributed by atoms with Crippen molar-refractivity contribution in [1.29, 1.82) is 0 Å². The first-order valence-corrected chi connectivity index (χ1v) is 15.9. The summed E-state index contributed by atoms with van der Waals surface area (Å²) in [6.45, 7) is 2.83. The van der Waals surface area contributed by atoms with Crippen LogP contribution in [0.5, 0.6) is 34.5 Å². The van der Waals surface area contributed by atoms with Crippen molar-refractivity contribution in [3.8, 4) is 34.5 Å². The lowest BCUT2D eigenvalue weighted by Crippen LogP contribution is -2.59. The van der Waals surface area contributed by atoms with Crippen molar-refractivity contribution >= 4 is 29.1 Å². The molecule has 1 amide bonds. The lowest BCUT2D eigenvalue weighted by molar-refractivity contribution is -0.131. The van der Waals surface area contributed by atoms with Crippen LogP contribution in [-0.2, 0) is 22.4 Å². The van der Waals surface area contributed by atoms with E-state index in [1.54, 1.807) is 26.2 Å². The van der Waals surface area contributed by atoms with E-state index in [-0.39, 0.29) is 46.6 Å². The molecule has 3 heterocycles. The van der Waals surface area contributed by atoms with Crippen molar-refractivity contribution in [3.05, 3.63) is 81.0 Å². The van der Waals surface area contributed by atoms with E-state index >= 15 is 0 Å². The zero-order valence-electron chi connectivity index (χ0n) is 26.5. The van der Waals surface area contributed by atoms with Gasteiger partial charge in [-0.25, -0.2) is 0 Å². The lowest BCUT2D eigenvalue weighted by Gasteiger charge is -2.41. The Labute approximate surface area is 276 Å². The number of halogens is 1. The van der Waals surface area contributed by atoms with Crippen LogP contribution in [0, 0.1) is 5.92 Å². The molecule has 0 aromatic heterocycles. The Bertz CT molecular complexity index is 1870. The summed E-state index contributed by atoms with van der Waals surface area (Å²) in [6, 6.07) is 13.1. The molecule has 11 heteroatoms. The molecular weight excluding hydrogens is 626 g/mol. The Morgan fingerprint density at radius 3 is 2.47 bits per heavy atom. The van der Waals surface area contributed by atoms with Crippen LogP contribution in [0.25, 0.3) is 0 Å². The third-order valence-electron chi connectivity index (χ3n) is 9.55. The number of amides is 1. The van der Waals surface area contributed by atoms with E-state index in [1.807, 2.05) is 18.2 Å². The minimum atomic E-state index is -1.89. The van der Waals surface area contributed by atoms with E-state index in [9.17, 15) is 14.4 Å². The SMILES string of the molecule is COc1ccc([C@@H]2CC(=O)NC3=C2C(=O)[C@@]2(Oc4c(Cl)c(OC)cc(OC)c4C2=O)[C@H](C)C3)cc1OCCc1ccc2c(c1)CCO2. The molecule has 3 atom stereocenters. The zero-order valence-corrected chi connectivity index (χ0v) is 27.2. The van der Waals surface area contributed by atoms with Crippen molar-refractivity contribution in [2.75, 3.05) is 34.5 Å². The number of hydrogen-bond acceptors (Lipinski definition) is 9. The molecule has 0 saturated carbocycles. The molecule has 3 aromatic carbocycles. The van der Waals surface area contributed by atoms with Crippen LogP contribution in [0.1, 0.15) is 52.7 Å². The Hall–Kier alpha value is -4.70. The second-order valence-corrected chi connectivity index (χ2v) is 12.5. The smallest absolute Gasteiger partial charge is 0.236 e. The molecule has 0 unspecified atom stereocenters. The average Bonchev–Trinajstić information content (AvgIpc) is 3.66. The van der Waals surface area contributed by atoms with Crippen molar-refractivity contribution < 1.29 is 42.8 Å². The fraction of sp³-hybridized carbons (Fsp3) is 0.361. The average molecular weight is 660 g/mol. The molecule has 4 aliphatic rings. The van der Waals surface area contributed by atoms with Crippen LogP contribution >= 0.6 is 11.6 Å². The molecule has 1 N–H and O–H groups in total. The van der Waals surface area contributed by atoms with Crippen LogP contribution in [0.3, 0.4) is 0 Å². The topological polar surface area (TPSA) is 119 Å². The van der Waals surface area contributed by atoms with Crippen LogP contribution in [0.15, 0.2) is 53.7 Å². The number of allylic oxidation sites excluding steroid dienone is 1. The maximum atomic E-state index is 14.7. The molecule has 7 rings (SSSR count). The van der Waals surface area contributed by atoms with Crippen LogP contribution in [0.2, 0.25) is 5.02 Å². The van der Waals surface area contributed by atoms with E-state index < -0.39 is 29.0 Å². The summed E-state index contributed by atoms with van der Waals surface area (Å²) in [7, 11) is 4.42. The first kappa shape index (κ1) is 30.9. The van der Waals surface area contributed by atoms with Gasteiger partial charge in [0.2, 0.25) is 23.1 Å². The van der Waals surface area contributed by atoms with Crippen LogP contribution in [-0.4, -0.2) is 57.6 Å². The highest BCUT2D eigenvalue weighted by Gasteiger charge is 2.63. The van der Waals surface area contributed by atoms with Gasteiger partial charge in [0.15, 0.2) is 17.2 Å². The second-order valence-electron chi connectivity index (χ2n) is 12.1. The summed E-state index contributed by atoms with van der Waals surface area (Å²) in [5.74, 6) is -0.137. The van der Waals surface area contributed by atoms with E-state index in [0.717, 1.165) is 17.7 Å². The summed E-state index contributed by atoms with van der Waals surface area (Å²) in [5.41, 5.74) is 2.01. The molecule has 1 spiro atoms. The van der Waals surface area contributed by atoms with Crippen molar-refractivity contribution in [3.63, 3.8) is 0 Å². The molecule has 0 bridgehead atoms. The minimum absolute atomic E-state index is 0.00294. The summed E-state index contributed by atoms with van der Waals surface area (Å²) >= 11 is 6.61. The van der Waals surface area contributed by atoms with Gasteiger partial charge in [-0.1, -0.05) is 36.7 Å². The second kappa shape index (κ2) is 11.8. The predicted octanol–water partition coefficient (Wildman–Crippen LogP) is 5.40. The van der Waals surface area contributed by atoms with Gasteiger partial charge in [0.05, 0.1) is 34.5 Å². The van der Waals surface area contributed by atoms with E-state index in [2.05, 4.69) is 11.4 Å². The third kappa shape index (κ3) is 4.88. The third-order valence-corrected chi connectivity index (χ3v) is 9.91. The summed E-state index contributed by atoms with van der Waals surface area (Å²) < 4.78 is 34.7. The summed E-state index contributed by atoms with van der Waals surface area (Å²) in [6.07, 6.45) is 1.78. The number of fused-ring (bicyclic) bond motifs is 2.